The molecule has 1 aromatic rings. The number of carbonyl (C=O) groups excluding carboxylic acids is 2. The Hall–Kier alpha value is -1.92. The van der Waals surface area contributed by atoms with Gasteiger partial charge in [0.25, 0.3) is 0 Å². The second kappa shape index (κ2) is 7.76. The van der Waals surface area contributed by atoms with Gasteiger partial charge in [0.05, 0.1) is 7.11 Å². The maximum absolute atomic E-state index is 12.4. The number of hydrogen-bond donors (Lipinski definition) is 1. The Labute approximate surface area is 155 Å². The Balaban J connectivity index is 2.29. The van der Waals surface area contributed by atoms with E-state index in [1.54, 1.807) is 0 Å². The fourth-order valence-electron chi connectivity index (χ4n) is 4.02. The summed E-state index contributed by atoms with van der Waals surface area (Å²) in [6, 6.07) is 9.40. The topological polar surface area (TPSA) is 67.9 Å². The molecule has 1 saturated heterocycles. The van der Waals surface area contributed by atoms with E-state index in [4.69, 9.17) is 9.57 Å². The van der Waals surface area contributed by atoms with Crippen molar-refractivity contribution in [1.82, 2.24) is 10.4 Å². The number of hydrogen-bond acceptors (Lipinski definition) is 5. The van der Waals surface area contributed by atoms with Gasteiger partial charge in [-0.15, -0.1) is 0 Å². The first kappa shape index (κ1) is 20.4. The van der Waals surface area contributed by atoms with Crippen LogP contribution in [0.3, 0.4) is 0 Å². The molecule has 1 fully saturated rings. The molecule has 2 rings (SSSR count). The summed E-state index contributed by atoms with van der Waals surface area (Å²) in [5, 5.41) is 4.92. The predicted molar refractivity (Wildman–Crippen MR) is 99.1 cm³/mol. The van der Waals surface area contributed by atoms with Crippen molar-refractivity contribution in [3.8, 4) is 0 Å². The van der Waals surface area contributed by atoms with Gasteiger partial charge in [-0.25, -0.2) is 4.79 Å². The highest BCUT2D eigenvalue weighted by atomic mass is 16.7. The summed E-state index contributed by atoms with van der Waals surface area (Å²) >= 11 is 0. The van der Waals surface area contributed by atoms with E-state index in [0.29, 0.717) is 0 Å². The summed E-state index contributed by atoms with van der Waals surface area (Å²) in [5.74, 6) is -0.473. The van der Waals surface area contributed by atoms with Crippen molar-refractivity contribution < 1.29 is 19.2 Å². The predicted octanol–water partition coefficient (Wildman–Crippen LogP) is 2.99. The molecule has 1 unspecified atom stereocenters. The molecule has 6 nitrogen and oxygen atoms in total. The number of methoxy groups -OCH3 is 1. The zero-order chi connectivity index (χ0) is 19.5. The first-order valence-corrected chi connectivity index (χ1v) is 8.94. The fraction of sp³-hybridized carbons (Fsp3) is 0.600. The van der Waals surface area contributed by atoms with Crippen LogP contribution in [0.15, 0.2) is 30.3 Å². The minimum absolute atomic E-state index is 0.0345. The standard InChI is InChI=1S/C20H30N2O4/c1-14(23)21-16-12-19(2,3)22(20(4,5)13-16)26-17(18(24)25-6)15-10-8-7-9-11-15/h7-11,16-17H,12-13H2,1-6H3,(H,21,23). The SMILES string of the molecule is COC(=O)C(ON1C(C)(C)CC(NC(C)=O)CC1(C)C)c1ccccc1. The van der Waals surface area contributed by atoms with Crippen molar-refractivity contribution in [2.45, 2.75) is 70.7 Å². The lowest BCUT2D eigenvalue weighted by Crippen LogP contribution is -2.64. The summed E-state index contributed by atoms with van der Waals surface area (Å²) in [6.45, 7) is 9.76. The molecule has 1 atom stereocenters. The molecule has 0 radical (unpaired) electrons. The monoisotopic (exact) mass is 362 g/mol. The van der Waals surface area contributed by atoms with Crippen molar-refractivity contribution >= 4 is 11.9 Å². The van der Waals surface area contributed by atoms with Gasteiger partial charge in [-0.2, -0.15) is 5.06 Å². The summed E-state index contributed by atoms with van der Waals surface area (Å²) in [4.78, 5) is 30.1. The quantitative estimate of drug-likeness (QED) is 0.816. The van der Waals surface area contributed by atoms with Crippen LogP contribution in [0.25, 0.3) is 0 Å². The lowest BCUT2D eigenvalue weighted by atomic mass is 9.79. The molecule has 1 amide bonds. The largest absolute Gasteiger partial charge is 0.467 e. The van der Waals surface area contributed by atoms with Crippen LogP contribution in [-0.4, -0.2) is 41.2 Å². The summed E-state index contributed by atoms with van der Waals surface area (Å²) in [5.41, 5.74) is -0.0128. The van der Waals surface area contributed by atoms with E-state index in [2.05, 4.69) is 33.0 Å². The second-order valence-electron chi connectivity index (χ2n) is 8.14. The summed E-state index contributed by atoms with van der Waals surface area (Å²) < 4.78 is 4.97. The molecule has 1 aromatic carbocycles. The summed E-state index contributed by atoms with van der Waals surface area (Å²) in [7, 11) is 1.36. The van der Waals surface area contributed by atoms with E-state index in [9.17, 15) is 9.59 Å². The Morgan fingerprint density at radius 3 is 2.12 bits per heavy atom. The molecule has 0 saturated carbocycles. The number of hydroxylamine groups is 2. The highest BCUT2D eigenvalue weighted by Crippen LogP contribution is 2.41. The van der Waals surface area contributed by atoms with Crippen molar-refractivity contribution in [1.29, 1.82) is 0 Å². The third-order valence-electron chi connectivity index (χ3n) is 4.73. The van der Waals surface area contributed by atoms with Crippen LogP contribution in [0.2, 0.25) is 0 Å². The molecular formula is C20H30N2O4. The molecule has 0 aliphatic carbocycles. The number of benzene rings is 1. The number of esters is 1. The fourth-order valence-corrected chi connectivity index (χ4v) is 4.02. The van der Waals surface area contributed by atoms with Crippen LogP contribution >= 0.6 is 0 Å². The van der Waals surface area contributed by atoms with Crippen LogP contribution in [0.4, 0.5) is 0 Å². The van der Waals surface area contributed by atoms with E-state index in [0.717, 1.165) is 18.4 Å². The van der Waals surface area contributed by atoms with Crippen LogP contribution in [0.1, 0.15) is 59.1 Å². The Bertz CT molecular complexity index is 624. The minimum atomic E-state index is -0.836. The van der Waals surface area contributed by atoms with Gasteiger partial charge >= 0.3 is 5.97 Å². The number of rotatable bonds is 5. The second-order valence-corrected chi connectivity index (χ2v) is 8.14. The van der Waals surface area contributed by atoms with Gasteiger partial charge in [0, 0.05) is 24.0 Å². The maximum Gasteiger partial charge on any atom is 0.341 e. The van der Waals surface area contributed by atoms with E-state index in [1.165, 1.54) is 14.0 Å². The van der Waals surface area contributed by atoms with E-state index >= 15 is 0 Å². The van der Waals surface area contributed by atoms with Crippen LogP contribution < -0.4 is 5.32 Å². The van der Waals surface area contributed by atoms with Crippen LogP contribution in [0, 0.1) is 0 Å². The van der Waals surface area contributed by atoms with Gasteiger partial charge < -0.3 is 10.1 Å². The molecule has 0 spiro atoms. The highest BCUT2D eigenvalue weighted by Gasteiger charge is 2.48. The van der Waals surface area contributed by atoms with Gasteiger partial charge in [-0.3, -0.25) is 9.63 Å². The van der Waals surface area contributed by atoms with Gasteiger partial charge in [0.15, 0.2) is 0 Å². The highest BCUT2D eigenvalue weighted by molar-refractivity contribution is 5.76. The average Bonchev–Trinajstić information content (AvgIpc) is 2.52. The number of nitrogens with zero attached hydrogens (tertiary/aromatic N) is 1. The number of amides is 1. The zero-order valence-electron chi connectivity index (χ0n) is 16.5. The molecule has 6 heteroatoms. The van der Waals surface area contributed by atoms with Crippen molar-refractivity contribution in [2.75, 3.05) is 7.11 Å². The van der Waals surface area contributed by atoms with Crippen molar-refractivity contribution in [3.63, 3.8) is 0 Å². The number of nitrogens with one attached hydrogen (secondary N) is 1. The molecule has 1 aliphatic heterocycles. The van der Waals surface area contributed by atoms with Gasteiger partial charge in [-0.05, 0) is 46.1 Å². The smallest absolute Gasteiger partial charge is 0.341 e. The van der Waals surface area contributed by atoms with Crippen LogP contribution in [0.5, 0.6) is 0 Å². The van der Waals surface area contributed by atoms with Gasteiger partial charge in [-0.1, -0.05) is 30.3 Å². The van der Waals surface area contributed by atoms with Gasteiger partial charge in [0.2, 0.25) is 12.0 Å². The lowest BCUT2D eigenvalue weighted by molar-refractivity contribution is -0.307. The van der Waals surface area contributed by atoms with E-state index < -0.39 is 12.1 Å². The Kier molecular flexibility index (Phi) is 6.09. The molecule has 0 bridgehead atoms. The number of ether oxygens (including phenoxy) is 1. The summed E-state index contributed by atoms with van der Waals surface area (Å²) in [6.07, 6.45) is 0.606. The van der Waals surface area contributed by atoms with E-state index in [-0.39, 0.29) is 23.0 Å². The van der Waals surface area contributed by atoms with Crippen LogP contribution in [-0.2, 0) is 19.2 Å². The van der Waals surface area contributed by atoms with Gasteiger partial charge in [0.1, 0.15) is 0 Å². The molecule has 1 aliphatic rings. The third-order valence-corrected chi connectivity index (χ3v) is 4.73. The first-order valence-electron chi connectivity index (χ1n) is 8.94. The Morgan fingerprint density at radius 2 is 1.65 bits per heavy atom. The number of piperidine rings is 1. The molecule has 1 heterocycles. The first-order chi connectivity index (χ1) is 12.1. The molecular weight excluding hydrogens is 332 g/mol. The number of carbonyl (C=O) groups is 2. The zero-order valence-corrected chi connectivity index (χ0v) is 16.5. The normalized spacial score (nSPS) is 21.0. The maximum atomic E-state index is 12.4. The molecule has 144 valence electrons. The lowest BCUT2D eigenvalue weighted by Gasteiger charge is -2.54. The molecule has 26 heavy (non-hydrogen) atoms. The average molecular weight is 362 g/mol. The van der Waals surface area contributed by atoms with E-state index in [1.807, 2.05) is 35.4 Å². The third kappa shape index (κ3) is 4.62. The molecule has 1 N–H and O–H groups in total. The minimum Gasteiger partial charge on any atom is -0.467 e. The molecule has 0 aromatic heterocycles. The Morgan fingerprint density at radius 1 is 1.12 bits per heavy atom. The van der Waals surface area contributed by atoms with Crippen molar-refractivity contribution in [2.24, 2.45) is 0 Å². The van der Waals surface area contributed by atoms with Crippen molar-refractivity contribution in [3.05, 3.63) is 35.9 Å².